The molecule has 0 atom stereocenters. The van der Waals surface area contributed by atoms with Gasteiger partial charge in [-0.3, -0.25) is 0 Å². The zero-order chi connectivity index (χ0) is 15.3. The van der Waals surface area contributed by atoms with Gasteiger partial charge in [-0.2, -0.15) is 0 Å². The molecule has 0 N–H and O–H groups in total. The lowest BCUT2D eigenvalue weighted by Crippen LogP contribution is -1.80. The van der Waals surface area contributed by atoms with Crippen molar-refractivity contribution in [1.29, 1.82) is 0 Å². The lowest BCUT2D eigenvalue weighted by atomic mass is 10.0. The summed E-state index contributed by atoms with van der Waals surface area (Å²) in [6, 6.07) is 13.0. The maximum atomic E-state index is 2.22. The van der Waals surface area contributed by atoms with E-state index < -0.39 is 0 Å². The largest absolute Gasteiger partial charge is 0.0683 e. The zero-order valence-corrected chi connectivity index (χ0v) is 14.2. The highest BCUT2D eigenvalue weighted by Crippen LogP contribution is 2.19. The second kappa shape index (κ2) is 13.1. The highest BCUT2D eigenvalue weighted by atomic mass is 14.0. The number of fused-ring (bicyclic) bond motifs is 1. The van der Waals surface area contributed by atoms with Gasteiger partial charge in [-0.15, -0.1) is 0 Å². The summed E-state index contributed by atoms with van der Waals surface area (Å²) in [5.41, 5.74) is 2.71. The molecule has 0 aliphatic rings. The molecule has 0 aliphatic heterocycles. The highest BCUT2D eigenvalue weighted by Gasteiger charge is 1.95. The topological polar surface area (TPSA) is 0 Å². The van der Waals surface area contributed by atoms with E-state index in [9.17, 15) is 0 Å². The molecule has 0 radical (unpaired) electrons. The smallest absolute Gasteiger partial charge is 0.0155 e. The van der Waals surface area contributed by atoms with Gasteiger partial charge < -0.3 is 0 Å². The third kappa shape index (κ3) is 7.66. The standard InChI is InChI=1S/C12H12.C3H8.2C2H6/c1-9-7-10(2)12-6-4-3-5-11(12)8-9;1-3-2;2*1-2/h3-8H,1-2H3;3H2,1-2H3;2*1-2H3. The van der Waals surface area contributed by atoms with Gasteiger partial charge >= 0.3 is 0 Å². The van der Waals surface area contributed by atoms with Gasteiger partial charge in [0.15, 0.2) is 0 Å². The Morgan fingerprint density at radius 1 is 0.789 bits per heavy atom. The van der Waals surface area contributed by atoms with Crippen LogP contribution in [0.4, 0.5) is 0 Å². The van der Waals surface area contributed by atoms with E-state index in [1.165, 1.54) is 28.3 Å². The number of benzene rings is 2. The molecule has 0 nitrogen and oxygen atoms in total. The Kier molecular flexibility index (Phi) is 13.8. The van der Waals surface area contributed by atoms with Crippen molar-refractivity contribution in [3.8, 4) is 0 Å². The van der Waals surface area contributed by atoms with E-state index in [2.05, 4.69) is 64.1 Å². The predicted octanol–water partition coefficient (Wildman–Crippen LogP) is 6.93. The average molecular weight is 260 g/mol. The number of aryl methyl sites for hydroxylation is 2. The molecular weight excluding hydrogens is 228 g/mol. The van der Waals surface area contributed by atoms with Crippen LogP contribution in [0.5, 0.6) is 0 Å². The SMILES string of the molecule is CC.CC.CCC.Cc1cc(C)c2ccccc2c1. The lowest BCUT2D eigenvalue weighted by molar-refractivity contribution is 1.09. The summed E-state index contributed by atoms with van der Waals surface area (Å²) in [6.45, 7) is 16.6. The molecule has 0 fully saturated rings. The van der Waals surface area contributed by atoms with Gasteiger partial charge in [0.2, 0.25) is 0 Å². The second-order valence-electron chi connectivity index (χ2n) is 4.01. The molecule has 0 saturated carbocycles. The number of hydrogen-bond acceptors (Lipinski definition) is 0. The van der Waals surface area contributed by atoms with Crippen LogP contribution in [-0.2, 0) is 0 Å². The molecule has 0 unspecified atom stereocenters. The fraction of sp³-hybridized carbons (Fsp3) is 0.474. The normalized spacial score (nSPS) is 8.21. The van der Waals surface area contributed by atoms with Gasteiger partial charge in [0.25, 0.3) is 0 Å². The van der Waals surface area contributed by atoms with Crippen LogP contribution < -0.4 is 0 Å². The van der Waals surface area contributed by atoms with E-state index in [1.54, 1.807) is 0 Å². The molecule has 2 aromatic rings. The zero-order valence-electron chi connectivity index (χ0n) is 14.2. The van der Waals surface area contributed by atoms with Crippen molar-refractivity contribution < 1.29 is 0 Å². The maximum Gasteiger partial charge on any atom is -0.0155 e. The minimum absolute atomic E-state index is 1.25. The van der Waals surface area contributed by atoms with Gasteiger partial charge in [-0.25, -0.2) is 0 Å². The Bertz CT molecular complexity index is 427. The Morgan fingerprint density at radius 2 is 1.26 bits per heavy atom. The highest BCUT2D eigenvalue weighted by molar-refractivity contribution is 5.86. The molecule has 2 aromatic carbocycles. The summed E-state index contributed by atoms with van der Waals surface area (Å²) in [6.07, 6.45) is 1.25. The molecule has 0 aromatic heterocycles. The molecule has 0 saturated heterocycles. The lowest BCUT2D eigenvalue weighted by Gasteiger charge is -2.02. The molecule has 0 aliphatic carbocycles. The van der Waals surface area contributed by atoms with Crippen molar-refractivity contribution in [3.05, 3.63) is 47.5 Å². The molecule has 0 heterocycles. The molecule has 108 valence electrons. The Labute approximate surface area is 120 Å². The molecule has 2 rings (SSSR count). The van der Waals surface area contributed by atoms with Crippen LogP contribution in [0.2, 0.25) is 0 Å². The van der Waals surface area contributed by atoms with Crippen molar-refractivity contribution in [1.82, 2.24) is 0 Å². The molecular formula is C19H32. The second-order valence-corrected chi connectivity index (χ2v) is 4.01. The minimum Gasteiger partial charge on any atom is -0.0683 e. The first-order chi connectivity index (χ1) is 9.19. The van der Waals surface area contributed by atoms with Crippen LogP contribution in [0.15, 0.2) is 36.4 Å². The quantitative estimate of drug-likeness (QED) is 0.482. The summed E-state index contributed by atoms with van der Waals surface area (Å²) in [5, 5.41) is 2.71. The van der Waals surface area contributed by atoms with E-state index in [0.29, 0.717) is 0 Å². The van der Waals surface area contributed by atoms with Gasteiger partial charge in [-0.05, 0) is 30.2 Å². The molecule has 0 heteroatoms. The Morgan fingerprint density at radius 3 is 1.79 bits per heavy atom. The van der Waals surface area contributed by atoms with Crippen LogP contribution in [0.3, 0.4) is 0 Å². The van der Waals surface area contributed by atoms with Crippen LogP contribution >= 0.6 is 0 Å². The third-order valence-corrected chi connectivity index (χ3v) is 2.21. The summed E-state index contributed by atoms with van der Waals surface area (Å²) >= 11 is 0. The van der Waals surface area contributed by atoms with Gasteiger partial charge in [0, 0.05) is 0 Å². The van der Waals surface area contributed by atoms with E-state index >= 15 is 0 Å². The van der Waals surface area contributed by atoms with Crippen molar-refractivity contribution in [2.24, 2.45) is 0 Å². The van der Waals surface area contributed by atoms with E-state index in [4.69, 9.17) is 0 Å². The summed E-state index contributed by atoms with van der Waals surface area (Å²) in [4.78, 5) is 0. The van der Waals surface area contributed by atoms with Crippen molar-refractivity contribution in [2.45, 2.75) is 61.8 Å². The third-order valence-electron chi connectivity index (χ3n) is 2.21. The van der Waals surface area contributed by atoms with Crippen molar-refractivity contribution in [3.63, 3.8) is 0 Å². The summed E-state index contributed by atoms with van der Waals surface area (Å²) in [5.74, 6) is 0. The first kappa shape index (κ1) is 20.0. The predicted molar refractivity (Wildman–Crippen MR) is 92.1 cm³/mol. The van der Waals surface area contributed by atoms with Crippen LogP contribution in [0.1, 0.15) is 59.1 Å². The first-order valence-corrected chi connectivity index (χ1v) is 7.65. The number of hydrogen-bond donors (Lipinski definition) is 0. The monoisotopic (exact) mass is 260 g/mol. The molecule has 0 bridgehead atoms. The van der Waals surface area contributed by atoms with Crippen LogP contribution in [0.25, 0.3) is 10.8 Å². The maximum absolute atomic E-state index is 2.22. The first-order valence-electron chi connectivity index (χ1n) is 7.65. The average Bonchev–Trinajstić information content (AvgIpc) is 2.44. The Hall–Kier alpha value is -1.30. The number of rotatable bonds is 0. The molecule has 0 spiro atoms. The van der Waals surface area contributed by atoms with Gasteiger partial charge in [0.1, 0.15) is 0 Å². The van der Waals surface area contributed by atoms with E-state index in [1.807, 2.05) is 27.7 Å². The fourth-order valence-electron chi connectivity index (χ4n) is 1.69. The molecule has 0 amide bonds. The van der Waals surface area contributed by atoms with Crippen LogP contribution in [0, 0.1) is 13.8 Å². The van der Waals surface area contributed by atoms with Crippen LogP contribution in [-0.4, -0.2) is 0 Å². The fourth-order valence-corrected chi connectivity index (χ4v) is 1.69. The summed E-state index contributed by atoms with van der Waals surface area (Å²) in [7, 11) is 0. The van der Waals surface area contributed by atoms with Crippen molar-refractivity contribution >= 4 is 10.8 Å². The minimum atomic E-state index is 1.25. The van der Waals surface area contributed by atoms with Gasteiger partial charge in [-0.1, -0.05) is 89.9 Å². The Balaban J connectivity index is 0. The van der Waals surface area contributed by atoms with Crippen molar-refractivity contribution in [2.75, 3.05) is 0 Å². The van der Waals surface area contributed by atoms with Gasteiger partial charge in [0.05, 0.1) is 0 Å². The molecule has 19 heavy (non-hydrogen) atoms. The van der Waals surface area contributed by atoms with E-state index in [-0.39, 0.29) is 0 Å². The van der Waals surface area contributed by atoms with E-state index in [0.717, 1.165) is 0 Å². The summed E-state index contributed by atoms with van der Waals surface area (Å²) < 4.78 is 0.